The van der Waals surface area contributed by atoms with Gasteiger partial charge in [0.25, 0.3) is 0 Å². The third-order valence-electron chi connectivity index (χ3n) is 5.23. The Balaban J connectivity index is 1.41. The molecule has 2 aromatic heterocycles. The predicted octanol–water partition coefficient (Wildman–Crippen LogP) is 4.05. The summed E-state index contributed by atoms with van der Waals surface area (Å²) in [4.78, 5) is 8.62. The van der Waals surface area contributed by atoms with E-state index in [-0.39, 0.29) is 6.17 Å². The first-order valence-corrected chi connectivity index (χ1v) is 10.6. The molecule has 3 heterocycles. The van der Waals surface area contributed by atoms with Gasteiger partial charge in [0, 0.05) is 61.1 Å². The van der Waals surface area contributed by atoms with Gasteiger partial charge in [-0.05, 0) is 30.7 Å². The zero-order chi connectivity index (χ0) is 23.2. The van der Waals surface area contributed by atoms with E-state index < -0.39 is 0 Å². The van der Waals surface area contributed by atoms with Crippen LogP contribution in [-0.4, -0.2) is 35.3 Å². The fraction of sp³-hybridized carbons (Fsp3) is 0.200. The average molecular weight is 445 g/mol. The number of anilines is 1. The zero-order valence-electron chi connectivity index (χ0n) is 19.0. The summed E-state index contributed by atoms with van der Waals surface area (Å²) < 4.78 is 11.3. The highest BCUT2D eigenvalue weighted by molar-refractivity contribution is 5.67. The molecule has 1 aliphatic heterocycles. The highest BCUT2D eigenvalue weighted by atomic mass is 16.5. The third-order valence-corrected chi connectivity index (χ3v) is 5.23. The molecule has 1 atom stereocenters. The van der Waals surface area contributed by atoms with Crippen molar-refractivity contribution in [1.29, 1.82) is 0 Å². The van der Waals surface area contributed by atoms with Gasteiger partial charge in [-0.2, -0.15) is 0 Å². The molecular formula is C25H28N6O2. The van der Waals surface area contributed by atoms with Crippen molar-refractivity contribution in [3.05, 3.63) is 90.4 Å². The van der Waals surface area contributed by atoms with Gasteiger partial charge in [-0.1, -0.05) is 24.8 Å². The van der Waals surface area contributed by atoms with Gasteiger partial charge in [0.05, 0.1) is 7.11 Å². The third kappa shape index (κ3) is 5.61. The number of nitrogens with zero attached hydrogens (tertiary/aromatic N) is 3. The summed E-state index contributed by atoms with van der Waals surface area (Å²) in [6, 6.07) is 13.5. The van der Waals surface area contributed by atoms with Gasteiger partial charge < -0.3 is 25.1 Å². The van der Waals surface area contributed by atoms with E-state index in [1.807, 2.05) is 73.7 Å². The number of benzene rings is 1. The molecule has 1 aliphatic rings. The van der Waals surface area contributed by atoms with Gasteiger partial charge in [0.15, 0.2) is 0 Å². The lowest BCUT2D eigenvalue weighted by molar-refractivity contribution is 0.342. The van der Waals surface area contributed by atoms with Crippen molar-refractivity contribution in [1.82, 2.24) is 25.7 Å². The molecule has 0 aliphatic carbocycles. The van der Waals surface area contributed by atoms with Crippen LogP contribution in [0.5, 0.6) is 17.4 Å². The fourth-order valence-corrected chi connectivity index (χ4v) is 3.43. The van der Waals surface area contributed by atoms with Crippen molar-refractivity contribution < 1.29 is 9.47 Å². The summed E-state index contributed by atoms with van der Waals surface area (Å²) in [5.41, 5.74) is 7.07. The van der Waals surface area contributed by atoms with Crippen molar-refractivity contribution >= 4 is 11.5 Å². The molecule has 0 amide bonds. The summed E-state index contributed by atoms with van der Waals surface area (Å²) in [6.07, 6.45) is 7.47. The minimum Gasteiger partial charge on any atom is -0.481 e. The maximum Gasteiger partial charge on any atom is 0.212 e. The molecule has 33 heavy (non-hydrogen) atoms. The molecule has 3 N–H and O–H groups in total. The van der Waals surface area contributed by atoms with E-state index in [9.17, 15) is 0 Å². The first kappa shape index (κ1) is 22.2. The van der Waals surface area contributed by atoms with E-state index in [2.05, 4.69) is 32.6 Å². The molecular weight excluding hydrogens is 416 g/mol. The molecule has 3 aromatic rings. The van der Waals surface area contributed by atoms with E-state index in [0.717, 1.165) is 34.0 Å². The molecule has 0 saturated heterocycles. The minimum absolute atomic E-state index is 0.0156. The topological polar surface area (TPSA) is 83.6 Å². The smallest absolute Gasteiger partial charge is 0.212 e. The number of ether oxygens (including phenoxy) is 2. The number of hydrogen-bond donors (Lipinski definition) is 3. The van der Waals surface area contributed by atoms with E-state index in [1.54, 1.807) is 19.5 Å². The van der Waals surface area contributed by atoms with E-state index in [1.165, 1.54) is 0 Å². The standard InChI is InChI=1S/C25H28N6O2/c1-17-21(18(2)27-15-19-8-9-25(32-4)28-16-19)6-5-7-22(17)33-20-10-12-26-24(14-20)29-23-11-13-31(3)30-23/h5-14,16,23,27,30H,2,15H2,1,3-4H3,(H,26,29). The molecule has 0 fully saturated rings. The largest absolute Gasteiger partial charge is 0.481 e. The summed E-state index contributed by atoms with van der Waals surface area (Å²) in [5.74, 6) is 2.78. The monoisotopic (exact) mass is 444 g/mol. The van der Waals surface area contributed by atoms with Crippen LogP contribution in [0.25, 0.3) is 5.70 Å². The predicted molar refractivity (Wildman–Crippen MR) is 130 cm³/mol. The number of nitrogens with one attached hydrogen (secondary N) is 3. The molecule has 4 rings (SSSR count). The van der Waals surface area contributed by atoms with Crippen molar-refractivity contribution in [3.8, 4) is 17.4 Å². The number of pyridine rings is 2. The van der Waals surface area contributed by atoms with Crippen LogP contribution >= 0.6 is 0 Å². The number of methoxy groups -OCH3 is 1. The Morgan fingerprint density at radius 3 is 2.82 bits per heavy atom. The highest BCUT2D eigenvalue weighted by Crippen LogP contribution is 2.30. The Labute approximate surface area is 193 Å². The molecule has 0 spiro atoms. The van der Waals surface area contributed by atoms with Gasteiger partial charge in [-0.15, -0.1) is 0 Å². The van der Waals surface area contributed by atoms with Crippen molar-refractivity contribution in [3.63, 3.8) is 0 Å². The Morgan fingerprint density at radius 1 is 1.21 bits per heavy atom. The second-order valence-electron chi connectivity index (χ2n) is 7.65. The van der Waals surface area contributed by atoms with Gasteiger partial charge in [-0.3, -0.25) is 0 Å². The van der Waals surface area contributed by atoms with E-state index in [4.69, 9.17) is 9.47 Å². The van der Waals surface area contributed by atoms with Crippen LogP contribution in [0.3, 0.4) is 0 Å². The SMILES string of the molecule is C=C(NCc1ccc(OC)nc1)c1cccc(Oc2ccnc(NC3C=CN(C)N3)c2)c1C. The number of hydrogen-bond acceptors (Lipinski definition) is 8. The Bertz CT molecular complexity index is 1150. The first-order chi connectivity index (χ1) is 16.0. The van der Waals surface area contributed by atoms with Crippen LogP contribution in [0.1, 0.15) is 16.7 Å². The highest BCUT2D eigenvalue weighted by Gasteiger charge is 2.13. The second-order valence-corrected chi connectivity index (χ2v) is 7.65. The van der Waals surface area contributed by atoms with Crippen molar-refractivity contribution in [2.45, 2.75) is 19.6 Å². The van der Waals surface area contributed by atoms with Crippen LogP contribution in [0, 0.1) is 6.92 Å². The summed E-state index contributed by atoms with van der Waals surface area (Å²) in [7, 11) is 3.55. The molecule has 0 saturated carbocycles. The summed E-state index contributed by atoms with van der Waals surface area (Å²) in [6.45, 7) is 6.84. The Kier molecular flexibility index (Phi) is 6.75. The molecule has 8 heteroatoms. The number of rotatable bonds is 9. The van der Waals surface area contributed by atoms with Crippen molar-refractivity contribution in [2.24, 2.45) is 0 Å². The quantitative estimate of drug-likeness (QED) is 0.456. The van der Waals surface area contributed by atoms with Gasteiger partial charge in [0.1, 0.15) is 23.5 Å². The maximum atomic E-state index is 6.19. The molecule has 1 unspecified atom stereocenters. The van der Waals surface area contributed by atoms with E-state index >= 15 is 0 Å². The first-order valence-electron chi connectivity index (χ1n) is 10.6. The molecule has 0 bridgehead atoms. The summed E-state index contributed by atoms with van der Waals surface area (Å²) in [5, 5.41) is 8.57. The van der Waals surface area contributed by atoms with E-state index in [0.29, 0.717) is 18.2 Å². The van der Waals surface area contributed by atoms with Gasteiger partial charge in [-0.25, -0.2) is 15.4 Å². The normalized spacial score (nSPS) is 14.8. The fourth-order valence-electron chi connectivity index (χ4n) is 3.43. The molecule has 1 aromatic carbocycles. The lowest BCUT2D eigenvalue weighted by atomic mass is 10.1. The average Bonchev–Trinajstić information content (AvgIpc) is 3.23. The maximum absolute atomic E-state index is 6.19. The zero-order valence-corrected chi connectivity index (χ0v) is 19.0. The van der Waals surface area contributed by atoms with Gasteiger partial charge >= 0.3 is 0 Å². The molecule has 0 radical (unpaired) electrons. The second kappa shape index (κ2) is 10.1. The molecule has 170 valence electrons. The Morgan fingerprint density at radius 2 is 2.09 bits per heavy atom. The van der Waals surface area contributed by atoms with Gasteiger partial charge in [0.2, 0.25) is 5.88 Å². The van der Waals surface area contributed by atoms with Crippen LogP contribution in [0.2, 0.25) is 0 Å². The molecule has 8 nitrogen and oxygen atoms in total. The Hall–Kier alpha value is -4.04. The van der Waals surface area contributed by atoms with Crippen LogP contribution in [-0.2, 0) is 6.54 Å². The number of aromatic nitrogens is 2. The van der Waals surface area contributed by atoms with Crippen molar-refractivity contribution in [2.75, 3.05) is 19.5 Å². The van der Waals surface area contributed by atoms with Crippen LogP contribution in [0.4, 0.5) is 5.82 Å². The lowest BCUT2D eigenvalue weighted by Gasteiger charge is -2.18. The summed E-state index contributed by atoms with van der Waals surface area (Å²) >= 11 is 0. The van der Waals surface area contributed by atoms with Crippen LogP contribution in [0.15, 0.2) is 73.7 Å². The number of hydrazine groups is 1. The van der Waals surface area contributed by atoms with Crippen LogP contribution < -0.4 is 25.5 Å². The lowest BCUT2D eigenvalue weighted by Crippen LogP contribution is -2.37. The minimum atomic E-state index is -0.0156.